The lowest BCUT2D eigenvalue weighted by molar-refractivity contribution is -0.116. The number of thiophene rings is 1. The number of amides is 1. The van der Waals surface area contributed by atoms with Crippen molar-refractivity contribution in [1.29, 1.82) is 0 Å². The van der Waals surface area contributed by atoms with Gasteiger partial charge in [-0.05, 0) is 23.9 Å². The number of unbranched alkanes of at least 4 members (excludes halogenated alkanes) is 3. The van der Waals surface area contributed by atoms with Gasteiger partial charge in [0.2, 0.25) is 5.91 Å². The molecule has 0 aliphatic carbocycles. The normalized spacial score (nSPS) is 10.8. The molecule has 0 aromatic carbocycles. The summed E-state index contributed by atoms with van der Waals surface area (Å²) in [6.07, 6.45) is 8.21. The van der Waals surface area contributed by atoms with Crippen molar-refractivity contribution < 1.29 is 4.79 Å². The summed E-state index contributed by atoms with van der Waals surface area (Å²) in [7, 11) is 0. The molecule has 0 saturated carbocycles. The molecule has 2 nitrogen and oxygen atoms in total. The molecule has 1 aromatic rings. The number of carbonyl (C=O) groups is 1. The first-order valence-corrected chi connectivity index (χ1v) is 6.70. The van der Waals surface area contributed by atoms with Gasteiger partial charge in [-0.25, -0.2) is 0 Å². The van der Waals surface area contributed by atoms with Crippen molar-refractivity contribution in [2.75, 3.05) is 6.54 Å². The van der Waals surface area contributed by atoms with Crippen LogP contribution in [0.3, 0.4) is 0 Å². The molecule has 0 atom stereocenters. The average molecular weight is 237 g/mol. The fraction of sp³-hybridized carbons (Fsp3) is 0.462. The number of carbonyl (C=O) groups excluding carboxylic acids is 1. The molecule has 0 spiro atoms. The van der Waals surface area contributed by atoms with E-state index in [0.29, 0.717) is 0 Å². The van der Waals surface area contributed by atoms with Gasteiger partial charge in [0, 0.05) is 17.5 Å². The van der Waals surface area contributed by atoms with Gasteiger partial charge in [-0.15, -0.1) is 11.3 Å². The van der Waals surface area contributed by atoms with Gasteiger partial charge in [-0.1, -0.05) is 32.3 Å². The van der Waals surface area contributed by atoms with E-state index in [9.17, 15) is 4.79 Å². The molecule has 0 unspecified atom stereocenters. The molecule has 0 saturated heterocycles. The van der Waals surface area contributed by atoms with E-state index in [1.165, 1.54) is 19.3 Å². The maximum absolute atomic E-state index is 11.4. The van der Waals surface area contributed by atoms with Crippen LogP contribution in [0.1, 0.15) is 37.5 Å². The second-order valence-electron chi connectivity index (χ2n) is 3.70. The highest BCUT2D eigenvalue weighted by Gasteiger charge is 1.94. The Balaban J connectivity index is 2.11. The van der Waals surface area contributed by atoms with E-state index in [0.717, 1.165) is 17.8 Å². The average Bonchev–Trinajstić information content (AvgIpc) is 2.79. The zero-order valence-electron chi connectivity index (χ0n) is 9.74. The predicted molar refractivity (Wildman–Crippen MR) is 70.5 cm³/mol. The summed E-state index contributed by atoms with van der Waals surface area (Å²) in [5.41, 5.74) is 0. The molecule has 0 aliphatic rings. The molecule has 0 radical (unpaired) electrons. The van der Waals surface area contributed by atoms with Crippen LogP contribution in [0.2, 0.25) is 0 Å². The van der Waals surface area contributed by atoms with Gasteiger partial charge in [-0.3, -0.25) is 4.79 Å². The first-order chi connectivity index (χ1) is 7.83. The Hall–Kier alpha value is -1.09. The lowest BCUT2D eigenvalue weighted by atomic mass is 10.2. The number of rotatable bonds is 7. The fourth-order valence-electron chi connectivity index (χ4n) is 1.37. The van der Waals surface area contributed by atoms with Crippen LogP contribution in [0.25, 0.3) is 6.08 Å². The monoisotopic (exact) mass is 237 g/mol. The van der Waals surface area contributed by atoms with E-state index in [2.05, 4.69) is 12.2 Å². The topological polar surface area (TPSA) is 29.1 Å². The van der Waals surface area contributed by atoms with Crippen LogP contribution in [0.15, 0.2) is 23.6 Å². The molecule has 1 amide bonds. The third-order valence-corrected chi connectivity index (χ3v) is 3.11. The van der Waals surface area contributed by atoms with Gasteiger partial charge in [0.05, 0.1) is 0 Å². The summed E-state index contributed by atoms with van der Waals surface area (Å²) in [6, 6.07) is 3.97. The van der Waals surface area contributed by atoms with Crippen molar-refractivity contribution in [2.45, 2.75) is 32.6 Å². The molecule has 0 fully saturated rings. The van der Waals surface area contributed by atoms with Crippen LogP contribution in [-0.2, 0) is 4.79 Å². The molecule has 0 bridgehead atoms. The number of nitrogens with one attached hydrogen (secondary N) is 1. The lowest BCUT2D eigenvalue weighted by Gasteiger charge is -2.00. The summed E-state index contributed by atoms with van der Waals surface area (Å²) in [5, 5.41) is 4.89. The summed E-state index contributed by atoms with van der Waals surface area (Å²) in [6.45, 7) is 2.97. The highest BCUT2D eigenvalue weighted by atomic mass is 32.1. The Kier molecular flexibility index (Phi) is 6.58. The van der Waals surface area contributed by atoms with Crippen LogP contribution in [-0.4, -0.2) is 12.5 Å². The van der Waals surface area contributed by atoms with Crippen molar-refractivity contribution >= 4 is 23.3 Å². The van der Waals surface area contributed by atoms with E-state index < -0.39 is 0 Å². The third-order valence-electron chi connectivity index (χ3n) is 2.27. The Morgan fingerprint density at radius 1 is 1.44 bits per heavy atom. The molecule has 16 heavy (non-hydrogen) atoms. The lowest BCUT2D eigenvalue weighted by Crippen LogP contribution is -2.21. The Morgan fingerprint density at radius 3 is 3.00 bits per heavy atom. The van der Waals surface area contributed by atoms with Crippen LogP contribution in [0.5, 0.6) is 0 Å². The second kappa shape index (κ2) is 8.11. The second-order valence-corrected chi connectivity index (χ2v) is 4.68. The Bertz CT molecular complexity index is 317. The van der Waals surface area contributed by atoms with Crippen LogP contribution >= 0.6 is 11.3 Å². The standard InChI is InChI=1S/C13H19NOS/c1-2-3-4-5-10-14-13(15)9-8-12-7-6-11-16-12/h6-9,11H,2-5,10H2,1H3,(H,14,15). The molecule has 1 heterocycles. The fourth-order valence-corrected chi connectivity index (χ4v) is 1.98. The van der Waals surface area contributed by atoms with Crippen LogP contribution in [0.4, 0.5) is 0 Å². The van der Waals surface area contributed by atoms with Crippen molar-refractivity contribution in [3.05, 3.63) is 28.5 Å². The summed E-state index contributed by atoms with van der Waals surface area (Å²) in [5.74, 6) is 0.00454. The Morgan fingerprint density at radius 2 is 2.31 bits per heavy atom. The van der Waals surface area contributed by atoms with Crippen molar-refractivity contribution in [3.8, 4) is 0 Å². The zero-order valence-corrected chi connectivity index (χ0v) is 10.6. The SMILES string of the molecule is CCCCCCNC(=O)C=Cc1cccs1. The maximum Gasteiger partial charge on any atom is 0.244 e. The van der Waals surface area contributed by atoms with Crippen LogP contribution in [0, 0.1) is 0 Å². The molecule has 3 heteroatoms. The molecular weight excluding hydrogens is 218 g/mol. The van der Waals surface area contributed by atoms with Crippen molar-refractivity contribution in [3.63, 3.8) is 0 Å². The molecule has 1 N–H and O–H groups in total. The van der Waals surface area contributed by atoms with E-state index in [1.807, 2.05) is 23.6 Å². The minimum atomic E-state index is 0.00454. The molecule has 88 valence electrons. The largest absolute Gasteiger partial charge is 0.353 e. The minimum Gasteiger partial charge on any atom is -0.353 e. The molecule has 1 aromatic heterocycles. The smallest absolute Gasteiger partial charge is 0.244 e. The number of hydrogen-bond acceptors (Lipinski definition) is 2. The quantitative estimate of drug-likeness (QED) is 0.571. The molecular formula is C13H19NOS. The number of hydrogen-bond donors (Lipinski definition) is 1. The summed E-state index contributed by atoms with van der Waals surface area (Å²) in [4.78, 5) is 12.5. The van der Waals surface area contributed by atoms with Gasteiger partial charge < -0.3 is 5.32 Å². The first kappa shape index (κ1) is 13.0. The summed E-state index contributed by atoms with van der Waals surface area (Å²) < 4.78 is 0. The van der Waals surface area contributed by atoms with Gasteiger partial charge >= 0.3 is 0 Å². The Labute approximate surface area is 101 Å². The zero-order chi connectivity index (χ0) is 11.6. The van der Waals surface area contributed by atoms with Gasteiger partial charge in [0.15, 0.2) is 0 Å². The molecule has 0 aliphatic heterocycles. The highest BCUT2D eigenvalue weighted by molar-refractivity contribution is 7.10. The van der Waals surface area contributed by atoms with Gasteiger partial charge in [0.25, 0.3) is 0 Å². The maximum atomic E-state index is 11.4. The minimum absolute atomic E-state index is 0.00454. The van der Waals surface area contributed by atoms with E-state index in [4.69, 9.17) is 0 Å². The van der Waals surface area contributed by atoms with Crippen molar-refractivity contribution in [2.24, 2.45) is 0 Å². The van der Waals surface area contributed by atoms with Gasteiger partial charge in [0.1, 0.15) is 0 Å². The third kappa shape index (κ3) is 5.71. The predicted octanol–water partition coefficient (Wildman–Crippen LogP) is 3.46. The molecule has 1 rings (SSSR count). The van der Waals surface area contributed by atoms with E-state index in [1.54, 1.807) is 17.4 Å². The van der Waals surface area contributed by atoms with Gasteiger partial charge in [-0.2, -0.15) is 0 Å². The first-order valence-electron chi connectivity index (χ1n) is 5.82. The van der Waals surface area contributed by atoms with E-state index >= 15 is 0 Å². The van der Waals surface area contributed by atoms with Crippen molar-refractivity contribution in [1.82, 2.24) is 5.32 Å². The summed E-state index contributed by atoms with van der Waals surface area (Å²) >= 11 is 1.63. The van der Waals surface area contributed by atoms with Crippen LogP contribution < -0.4 is 5.32 Å². The van der Waals surface area contributed by atoms with E-state index in [-0.39, 0.29) is 5.91 Å². The highest BCUT2D eigenvalue weighted by Crippen LogP contribution is 2.09.